The van der Waals surface area contributed by atoms with Crippen molar-refractivity contribution in [2.45, 2.75) is 105 Å². The molecule has 0 radical (unpaired) electrons. The maximum Gasteiger partial charge on any atom is 0.463 e. The van der Waals surface area contributed by atoms with E-state index < -0.39 is 8.60 Å². The van der Waals surface area contributed by atoms with Crippen molar-refractivity contribution in [3.63, 3.8) is 0 Å². The van der Waals surface area contributed by atoms with Gasteiger partial charge in [-0.1, -0.05) is 107 Å². The number of hydrogen-bond donors (Lipinski definition) is 1. The monoisotopic (exact) mass is 502 g/mol. The van der Waals surface area contributed by atoms with Crippen molar-refractivity contribution in [3.05, 3.63) is 58.7 Å². The smallest absolute Gasteiger partial charge is 0.417 e. The fraction of sp³-hybridized carbons (Fsp3) is 0.600. The summed E-state index contributed by atoms with van der Waals surface area (Å²) in [5.41, 5.74) is 4.53. The molecule has 0 amide bonds. The van der Waals surface area contributed by atoms with Crippen molar-refractivity contribution in [2.75, 3.05) is 13.2 Å². The first kappa shape index (κ1) is 29.6. The third-order valence-electron chi connectivity index (χ3n) is 5.94. The lowest BCUT2D eigenvalue weighted by molar-refractivity contribution is 0.185. The van der Waals surface area contributed by atoms with E-state index in [-0.39, 0.29) is 34.9 Å². The van der Waals surface area contributed by atoms with E-state index in [0.29, 0.717) is 0 Å². The van der Waals surface area contributed by atoms with Crippen molar-refractivity contribution in [1.29, 1.82) is 0 Å². The molecule has 1 N–H and O–H groups in total. The first-order valence-corrected chi connectivity index (χ1v) is 13.6. The summed E-state index contributed by atoms with van der Waals surface area (Å²) in [6, 6.07) is 12.7. The lowest BCUT2D eigenvalue weighted by Crippen LogP contribution is -2.18. The van der Waals surface area contributed by atoms with E-state index in [0.717, 1.165) is 22.6 Å². The molecular weight excluding hydrogens is 455 g/mol. The largest absolute Gasteiger partial charge is 0.463 e. The van der Waals surface area contributed by atoms with Gasteiger partial charge in [-0.3, -0.25) is 4.52 Å². The Bertz CT molecular complexity index is 908. The number of aliphatic hydroxyl groups is 1. The van der Waals surface area contributed by atoms with Crippen molar-refractivity contribution in [3.8, 4) is 11.5 Å². The summed E-state index contributed by atoms with van der Waals surface area (Å²) >= 11 is 0. The molecule has 0 aliphatic rings. The molecule has 0 aromatic heterocycles. The standard InChI is InChI=1S/C30H47O4P/c1-27(2,3)21-13-15-25(23(19-21)29(7,8)9)33-35(32-18-17-31)34-26-16-14-22(28(4,5)6)20-24(26)30(10,11)12/h13-16,19-20,31H,17-18H2,1-12H3. The van der Waals surface area contributed by atoms with Gasteiger partial charge in [-0.15, -0.1) is 0 Å². The molecule has 0 atom stereocenters. The lowest BCUT2D eigenvalue weighted by Gasteiger charge is -2.30. The van der Waals surface area contributed by atoms with E-state index in [9.17, 15) is 5.11 Å². The van der Waals surface area contributed by atoms with Gasteiger partial charge in [0.1, 0.15) is 11.5 Å². The maximum absolute atomic E-state index is 9.44. The summed E-state index contributed by atoms with van der Waals surface area (Å²) in [6.07, 6.45) is 0. The average Bonchev–Trinajstić information content (AvgIpc) is 2.69. The molecule has 0 saturated carbocycles. The topological polar surface area (TPSA) is 47.9 Å². The minimum Gasteiger partial charge on any atom is -0.417 e. The summed E-state index contributed by atoms with van der Waals surface area (Å²) in [7, 11) is -1.78. The van der Waals surface area contributed by atoms with Gasteiger partial charge >= 0.3 is 8.60 Å². The summed E-state index contributed by atoms with van der Waals surface area (Å²) in [5, 5.41) is 9.44. The molecule has 2 rings (SSSR count). The zero-order valence-corrected chi connectivity index (χ0v) is 24.9. The van der Waals surface area contributed by atoms with Crippen LogP contribution in [-0.4, -0.2) is 18.3 Å². The van der Waals surface area contributed by atoms with E-state index >= 15 is 0 Å². The molecule has 35 heavy (non-hydrogen) atoms. The van der Waals surface area contributed by atoms with Crippen LogP contribution in [0.3, 0.4) is 0 Å². The molecule has 0 aliphatic heterocycles. The zero-order valence-electron chi connectivity index (χ0n) is 24.0. The van der Waals surface area contributed by atoms with Gasteiger partial charge in [-0.2, -0.15) is 0 Å². The molecule has 5 heteroatoms. The van der Waals surface area contributed by atoms with Crippen LogP contribution in [0.25, 0.3) is 0 Å². The third-order valence-corrected chi connectivity index (χ3v) is 7.03. The third kappa shape index (κ3) is 8.20. The molecule has 2 aromatic carbocycles. The second kappa shape index (κ2) is 10.8. The van der Waals surface area contributed by atoms with Crippen LogP contribution in [0.15, 0.2) is 36.4 Å². The number of hydrogen-bond acceptors (Lipinski definition) is 4. The van der Waals surface area contributed by atoms with Gasteiger partial charge in [0.25, 0.3) is 0 Å². The Balaban J connectivity index is 2.50. The molecule has 0 saturated heterocycles. The Labute approximate surface area is 215 Å². The van der Waals surface area contributed by atoms with Crippen LogP contribution in [0.4, 0.5) is 0 Å². The van der Waals surface area contributed by atoms with Crippen LogP contribution in [-0.2, 0) is 26.2 Å². The van der Waals surface area contributed by atoms with Gasteiger partial charge in [0.15, 0.2) is 0 Å². The van der Waals surface area contributed by atoms with Crippen LogP contribution >= 0.6 is 8.60 Å². The fourth-order valence-electron chi connectivity index (χ4n) is 3.67. The molecule has 0 aliphatic carbocycles. The van der Waals surface area contributed by atoms with Gasteiger partial charge < -0.3 is 14.2 Å². The number of aliphatic hydroxyl groups excluding tert-OH is 1. The van der Waals surface area contributed by atoms with Crippen LogP contribution in [0.2, 0.25) is 0 Å². The molecule has 0 heterocycles. The number of rotatable bonds is 7. The second-order valence-corrected chi connectivity index (χ2v) is 14.5. The minimum atomic E-state index is -1.78. The Morgan fingerprint density at radius 2 is 0.971 bits per heavy atom. The number of benzene rings is 2. The van der Waals surface area contributed by atoms with Crippen molar-refractivity contribution < 1.29 is 18.7 Å². The van der Waals surface area contributed by atoms with Crippen LogP contribution in [0.5, 0.6) is 11.5 Å². The summed E-state index contributed by atoms with van der Waals surface area (Å²) in [5.74, 6) is 1.50. The van der Waals surface area contributed by atoms with Crippen molar-refractivity contribution in [2.24, 2.45) is 0 Å². The average molecular weight is 503 g/mol. The molecule has 0 spiro atoms. The second-order valence-electron chi connectivity index (χ2n) is 13.4. The zero-order chi connectivity index (χ0) is 26.8. The molecule has 196 valence electrons. The van der Waals surface area contributed by atoms with Gasteiger partial charge in [-0.05, 0) is 44.9 Å². The Morgan fingerprint density at radius 3 is 1.26 bits per heavy atom. The quantitative estimate of drug-likeness (QED) is 0.385. The van der Waals surface area contributed by atoms with Gasteiger partial charge in [0.05, 0.1) is 13.2 Å². The van der Waals surface area contributed by atoms with E-state index in [1.807, 2.05) is 12.1 Å². The summed E-state index contributed by atoms with van der Waals surface area (Å²) in [6.45, 7) is 26.4. The molecule has 0 unspecified atom stereocenters. The van der Waals surface area contributed by atoms with Gasteiger partial charge in [0, 0.05) is 11.1 Å². The Morgan fingerprint density at radius 1 is 0.600 bits per heavy atom. The van der Waals surface area contributed by atoms with Crippen LogP contribution < -0.4 is 9.05 Å². The van der Waals surface area contributed by atoms with Gasteiger partial charge in [-0.25, -0.2) is 0 Å². The van der Waals surface area contributed by atoms with Gasteiger partial charge in [0.2, 0.25) is 0 Å². The molecular formula is C30H47O4P. The molecule has 2 aromatic rings. The van der Waals surface area contributed by atoms with E-state index in [2.05, 4.69) is 107 Å². The van der Waals surface area contributed by atoms with E-state index in [1.165, 1.54) is 11.1 Å². The highest BCUT2D eigenvalue weighted by Crippen LogP contribution is 2.48. The maximum atomic E-state index is 9.44. The van der Waals surface area contributed by atoms with E-state index in [1.54, 1.807) is 0 Å². The highest BCUT2D eigenvalue weighted by atomic mass is 31.2. The van der Waals surface area contributed by atoms with Crippen molar-refractivity contribution in [1.82, 2.24) is 0 Å². The highest BCUT2D eigenvalue weighted by Gasteiger charge is 2.29. The lowest BCUT2D eigenvalue weighted by atomic mass is 9.80. The Kier molecular flexibility index (Phi) is 9.13. The SMILES string of the molecule is CC(C)(C)c1ccc(OP(OCCO)Oc2ccc(C(C)(C)C)cc2C(C)(C)C)c(C(C)(C)C)c1. The van der Waals surface area contributed by atoms with Crippen LogP contribution in [0, 0.1) is 0 Å². The first-order valence-electron chi connectivity index (χ1n) is 12.5. The van der Waals surface area contributed by atoms with Crippen LogP contribution in [0.1, 0.15) is 105 Å². The predicted molar refractivity (Wildman–Crippen MR) is 149 cm³/mol. The molecule has 0 fully saturated rings. The normalized spacial score (nSPS) is 13.3. The first-order chi connectivity index (χ1) is 15.8. The highest BCUT2D eigenvalue weighted by molar-refractivity contribution is 7.42. The van der Waals surface area contributed by atoms with Crippen molar-refractivity contribution >= 4 is 8.60 Å². The fourth-order valence-corrected chi connectivity index (χ4v) is 4.68. The molecule has 0 bridgehead atoms. The summed E-state index contributed by atoms with van der Waals surface area (Å²) < 4.78 is 18.7. The van der Waals surface area contributed by atoms with E-state index in [4.69, 9.17) is 13.6 Å². The molecule has 4 nitrogen and oxygen atoms in total. The summed E-state index contributed by atoms with van der Waals surface area (Å²) in [4.78, 5) is 0. The predicted octanol–water partition coefficient (Wildman–Crippen LogP) is 8.57. The Hall–Kier alpha value is -1.61. The minimum absolute atomic E-state index is 0.0313.